The highest BCUT2D eigenvalue weighted by Crippen LogP contribution is 2.56. The number of ether oxygens (including phenoxy) is 1. The summed E-state index contributed by atoms with van der Waals surface area (Å²) in [6.07, 6.45) is 0. The summed E-state index contributed by atoms with van der Waals surface area (Å²) in [6.45, 7) is 2.47. The van der Waals surface area contributed by atoms with E-state index in [1.54, 1.807) is 0 Å². The van der Waals surface area contributed by atoms with Crippen LogP contribution in [0.3, 0.4) is 0 Å². The molecule has 9 heteroatoms. The van der Waals surface area contributed by atoms with Crippen molar-refractivity contribution in [1.29, 1.82) is 0 Å². The zero-order valence-electron chi connectivity index (χ0n) is 20.6. The Balaban J connectivity index is 0.000000617. The molecule has 1 heterocycles. The van der Waals surface area contributed by atoms with Gasteiger partial charge >= 0.3 is 13.2 Å². The molecule has 4 aromatic carbocycles. The number of nitrogens with zero attached hydrogens (tertiary/aromatic N) is 1. The molecule has 0 atom stereocenters. The number of hydrogen-bond acceptors (Lipinski definition) is 3. The molecule has 38 heavy (non-hydrogen) atoms. The Bertz CT molecular complexity index is 1310. The lowest BCUT2D eigenvalue weighted by molar-refractivity contribution is 0.263. The van der Waals surface area contributed by atoms with E-state index in [4.69, 9.17) is 14.1 Å². The average molecular weight is 537 g/mol. The standard InChI is InChI=1S/C29H25NO2P.BF4/c1-2-31-29-28(30-27(32-29)23-15-7-3-8-16-23)33(24-17-9-4-10-18-24,25-19-11-5-12-20-25)26-21-13-6-14-22-26;2-1(3,4)5/h3-22H,2H2,1H3;/q+1;-1. The lowest BCUT2D eigenvalue weighted by Gasteiger charge is -2.25. The molecule has 194 valence electrons. The van der Waals surface area contributed by atoms with E-state index < -0.39 is 14.5 Å². The lowest BCUT2D eigenvalue weighted by atomic mass is 10.2. The van der Waals surface area contributed by atoms with E-state index in [2.05, 4.69) is 91.0 Å². The Morgan fingerprint density at radius 2 is 1.03 bits per heavy atom. The van der Waals surface area contributed by atoms with Crippen LogP contribution in [-0.4, -0.2) is 18.8 Å². The van der Waals surface area contributed by atoms with E-state index in [1.807, 2.05) is 37.3 Å². The van der Waals surface area contributed by atoms with Gasteiger partial charge < -0.3 is 26.4 Å². The second-order valence-corrected chi connectivity index (χ2v) is 11.4. The summed E-state index contributed by atoms with van der Waals surface area (Å²) in [5.41, 5.74) is 1.78. The van der Waals surface area contributed by atoms with Crippen LogP contribution in [0, 0.1) is 0 Å². The predicted octanol–water partition coefficient (Wildman–Crippen LogP) is 6.66. The molecule has 0 bridgehead atoms. The van der Waals surface area contributed by atoms with Crippen molar-refractivity contribution < 1.29 is 26.4 Å². The van der Waals surface area contributed by atoms with Gasteiger partial charge in [0.15, 0.2) is 7.26 Å². The van der Waals surface area contributed by atoms with Crippen molar-refractivity contribution in [3.05, 3.63) is 121 Å². The minimum absolute atomic E-state index is 0.487. The van der Waals surface area contributed by atoms with E-state index in [9.17, 15) is 17.3 Å². The molecule has 1 aromatic heterocycles. The minimum Gasteiger partial charge on any atom is -0.461 e. The third-order valence-electron chi connectivity index (χ3n) is 5.62. The van der Waals surface area contributed by atoms with Crippen LogP contribution in [0.1, 0.15) is 6.92 Å². The number of benzene rings is 4. The van der Waals surface area contributed by atoms with E-state index >= 15 is 0 Å². The van der Waals surface area contributed by atoms with Gasteiger partial charge in [-0.1, -0.05) is 72.8 Å². The largest absolute Gasteiger partial charge is 0.673 e. The molecule has 3 nitrogen and oxygen atoms in total. The van der Waals surface area contributed by atoms with Crippen LogP contribution < -0.4 is 26.1 Å². The van der Waals surface area contributed by atoms with Crippen LogP contribution in [0.15, 0.2) is 126 Å². The van der Waals surface area contributed by atoms with Gasteiger partial charge in [-0.05, 0) is 55.5 Å². The second-order valence-electron chi connectivity index (χ2n) is 8.10. The van der Waals surface area contributed by atoms with Crippen LogP contribution >= 0.6 is 7.26 Å². The molecule has 0 saturated carbocycles. The summed E-state index contributed by atoms with van der Waals surface area (Å²) in [5, 5.41) is 3.61. The SMILES string of the molecule is CCOc1oc(-c2ccccc2)nc1[P+](c1ccccc1)(c1ccccc1)c1ccccc1.F[B-](F)(F)F. The molecule has 0 radical (unpaired) electrons. The first kappa shape index (κ1) is 27.1. The first-order chi connectivity index (χ1) is 18.3. The molecule has 0 saturated heterocycles. The molecule has 0 amide bonds. The van der Waals surface area contributed by atoms with Crippen LogP contribution in [0.25, 0.3) is 11.5 Å². The lowest BCUT2D eigenvalue weighted by Crippen LogP contribution is -2.39. The zero-order valence-corrected chi connectivity index (χ0v) is 21.4. The Morgan fingerprint density at radius 1 is 0.658 bits per heavy atom. The monoisotopic (exact) mass is 537 g/mol. The third kappa shape index (κ3) is 6.14. The van der Waals surface area contributed by atoms with Crippen LogP contribution in [-0.2, 0) is 0 Å². The van der Waals surface area contributed by atoms with Gasteiger partial charge in [0.2, 0.25) is 5.89 Å². The fourth-order valence-electron chi connectivity index (χ4n) is 4.21. The Kier molecular flexibility index (Phi) is 8.64. The van der Waals surface area contributed by atoms with Crippen molar-refractivity contribution in [1.82, 2.24) is 4.98 Å². The molecule has 5 aromatic rings. The van der Waals surface area contributed by atoms with Gasteiger partial charge in [0, 0.05) is 5.56 Å². The fourth-order valence-corrected chi connectivity index (χ4v) is 8.32. The van der Waals surface area contributed by atoms with E-state index in [0.29, 0.717) is 18.4 Å². The summed E-state index contributed by atoms with van der Waals surface area (Å²) in [4.78, 5) is 5.16. The molecule has 0 aliphatic heterocycles. The van der Waals surface area contributed by atoms with E-state index in [0.717, 1.165) is 11.0 Å². The Hall–Kier alpha value is -3.90. The van der Waals surface area contributed by atoms with Crippen molar-refractivity contribution in [2.75, 3.05) is 6.61 Å². The van der Waals surface area contributed by atoms with E-state index in [1.165, 1.54) is 15.9 Å². The second kappa shape index (κ2) is 12.1. The number of aromatic nitrogens is 1. The smallest absolute Gasteiger partial charge is 0.461 e. The molecule has 0 aliphatic rings. The fraction of sp³-hybridized carbons (Fsp3) is 0.0690. The summed E-state index contributed by atoms with van der Waals surface area (Å²) < 4.78 is 51.4. The maximum Gasteiger partial charge on any atom is 0.673 e. The van der Waals surface area contributed by atoms with Gasteiger partial charge in [-0.3, -0.25) is 0 Å². The van der Waals surface area contributed by atoms with Crippen LogP contribution in [0.2, 0.25) is 0 Å². The van der Waals surface area contributed by atoms with Crippen LogP contribution in [0.5, 0.6) is 5.95 Å². The highest BCUT2D eigenvalue weighted by atomic mass is 31.2. The van der Waals surface area contributed by atoms with Gasteiger partial charge in [0.05, 0.1) is 6.61 Å². The maximum atomic E-state index is 9.75. The minimum atomic E-state index is -6.00. The van der Waals surface area contributed by atoms with Gasteiger partial charge in [-0.15, -0.1) is 0 Å². The first-order valence-electron chi connectivity index (χ1n) is 12.0. The molecular weight excluding hydrogens is 512 g/mol. The highest BCUT2D eigenvalue weighted by molar-refractivity contribution is 8.01. The number of rotatable bonds is 7. The van der Waals surface area contributed by atoms with Crippen molar-refractivity contribution in [2.24, 2.45) is 0 Å². The number of halogens is 4. The van der Waals surface area contributed by atoms with Crippen molar-refractivity contribution in [3.8, 4) is 17.4 Å². The quantitative estimate of drug-likeness (QED) is 0.132. The van der Waals surface area contributed by atoms with Gasteiger partial charge in [0.1, 0.15) is 15.9 Å². The topological polar surface area (TPSA) is 35.3 Å². The summed E-state index contributed by atoms with van der Waals surface area (Å²) >= 11 is 0. The maximum absolute atomic E-state index is 9.75. The molecule has 0 aliphatic carbocycles. The van der Waals surface area contributed by atoms with Gasteiger partial charge in [-0.25, -0.2) is 0 Å². The van der Waals surface area contributed by atoms with Crippen LogP contribution in [0.4, 0.5) is 17.3 Å². The molecular formula is C29H25BF4NO2P. The molecule has 0 N–H and O–H groups in total. The van der Waals surface area contributed by atoms with Crippen molar-refractivity contribution >= 4 is 35.9 Å². The Labute approximate surface area is 219 Å². The van der Waals surface area contributed by atoms with Crippen molar-refractivity contribution in [2.45, 2.75) is 6.92 Å². The normalized spacial score (nSPS) is 11.4. The van der Waals surface area contributed by atoms with Gasteiger partial charge in [0.25, 0.3) is 5.44 Å². The molecule has 0 fully saturated rings. The zero-order chi connectivity index (χ0) is 27.0. The highest BCUT2D eigenvalue weighted by Gasteiger charge is 2.53. The van der Waals surface area contributed by atoms with E-state index in [-0.39, 0.29) is 0 Å². The van der Waals surface area contributed by atoms with Gasteiger partial charge in [-0.2, -0.15) is 4.98 Å². The third-order valence-corrected chi connectivity index (χ3v) is 9.76. The summed E-state index contributed by atoms with van der Waals surface area (Å²) in [5.74, 6) is 1.06. The Morgan fingerprint density at radius 3 is 1.39 bits per heavy atom. The molecule has 0 unspecified atom stereocenters. The predicted molar refractivity (Wildman–Crippen MR) is 148 cm³/mol. The van der Waals surface area contributed by atoms with Crippen molar-refractivity contribution in [3.63, 3.8) is 0 Å². The molecule has 5 rings (SSSR count). The molecule has 0 spiro atoms. The average Bonchev–Trinajstić information content (AvgIpc) is 3.35. The summed E-state index contributed by atoms with van der Waals surface area (Å²) in [7, 11) is -8.40. The first-order valence-corrected chi connectivity index (χ1v) is 13.8. The number of hydrogen-bond donors (Lipinski definition) is 0. The summed E-state index contributed by atoms with van der Waals surface area (Å²) in [6, 6.07) is 41.9. The number of oxazole rings is 1.